The van der Waals surface area contributed by atoms with Crippen molar-refractivity contribution >= 4 is 55.0 Å². The molecule has 0 fully saturated rings. The van der Waals surface area contributed by atoms with Crippen molar-refractivity contribution in [3.8, 4) is 5.75 Å². The lowest BCUT2D eigenvalue weighted by molar-refractivity contribution is -0.120. The third kappa shape index (κ3) is 6.48. The molecule has 5 rings (SSSR count). The number of benzene rings is 2. The molecular weight excluding hydrogens is 684 g/mol. The van der Waals surface area contributed by atoms with E-state index in [4.69, 9.17) is 4.74 Å². The molecule has 44 heavy (non-hydrogen) atoms. The lowest BCUT2D eigenvalue weighted by atomic mass is 9.63. The number of carbonyl (C=O) groups excluding carboxylic acids is 3. The number of ether oxygens (including phenoxy) is 1. The molecule has 2 aromatic rings. The van der Waals surface area contributed by atoms with Crippen LogP contribution in [0.15, 0.2) is 61.8 Å². The number of amides is 1. The van der Waals surface area contributed by atoms with E-state index < -0.39 is 5.92 Å². The molecule has 2 aliphatic carbocycles. The van der Waals surface area contributed by atoms with Crippen molar-refractivity contribution < 1.29 is 19.1 Å². The highest BCUT2D eigenvalue weighted by molar-refractivity contribution is 9.11. The van der Waals surface area contributed by atoms with E-state index in [0.717, 1.165) is 52.8 Å². The number of hydrogen-bond donors (Lipinski definition) is 1. The molecule has 2 aromatic carbocycles. The van der Waals surface area contributed by atoms with E-state index in [1.165, 1.54) is 0 Å². The fourth-order valence-electron chi connectivity index (χ4n) is 6.95. The van der Waals surface area contributed by atoms with Gasteiger partial charge in [-0.3, -0.25) is 14.4 Å². The Morgan fingerprint density at radius 2 is 1.50 bits per heavy atom. The van der Waals surface area contributed by atoms with Crippen LogP contribution in [0.3, 0.4) is 0 Å². The molecule has 1 amide bonds. The van der Waals surface area contributed by atoms with E-state index in [1.54, 1.807) is 0 Å². The normalized spacial score (nSPS) is 19.6. The molecule has 0 bridgehead atoms. The number of hydrogen-bond acceptors (Lipinski definition) is 5. The number of halogens is 2. The number of Topliss-reactive ketones (excluding diaryl/α,β-unsaturated/α-hetero) is 2. The van der Waals surface area contributed by atoms with Crippen LogP contribution in [0, 0.1) is 24.7 Å². The van der Waals surface area contributed by atoms with Crippen molar-refractivity contribution in [1.82, 2.24) is 4.90 Å². The number of allylic oxidation sites excluding steroid dienone is 4. The summed E-state index contributed by atoms with van der Waals surface area (Å²) < 4.78 is 7.73. The average molecular weight is 727 g/mol. The maximum Gasteiger partial charge on any atom is 0.262 e. The van der Waals surface area contributed by atoms with Crippen molar-refractivity contribution in [2.75, 3.05) is 18.5 Å². The molecule has 8 heteroatoms. The standard InChI is InChI=1S/C36H42Br2N2O4/c1-8-11-40-26-15-35(4,5)17-28(41)32(26)31(33-27(40)16-36(6,7)18-29(33)42)24-13-22(37)14-25(38)34(24)44-19-30(43)39-23-10-9-20(2)21(3)12-23/h9-10,12-14,31H,8,11,15-19H2,1-7H3,(H,39,43). The number of carbonyl (C=O) groups is 3. The zero-order chi connectivity index (χ0) is 32.1. The van der Waals surface area contributed by atoms with Gasteiger partial charge in [0.1, 0.15) is 5.75 Å². The van der Waals surface area contributed by atoms with E-state index in [1.807, 2.05) is 44.2 Å². The maximum absolute atomic E-state index is 14.1. The summed E-state index contributed by atoms with van der Waals surface area (Å²) in [5.41, 5.74) is 6.70. The fraction of sp³-hybridized carbons (Fsp3) is 0.472. The molecule has 0 aromatic heterocycles. The van der Waals surface area contributed by atoms with E-state index in [0.29, 0.717) is 45.5 Å². The van der Waals surface area contributed by atoms with Gasteiger partial charge in [0.25, 0.3) is 5.91 Å². The predicted molar refractivity (Wildman–Crippen MR) is 182 cm³/mol. The van der Waals surface area contributed by atoms with E-state index in [-0.39, 0.29) is 34.9 Å². The first-order chi connectivity index (χ1) is 20.6. The second kappa shape index (κ2) is 12.2. The van der Waals surface area contributed by atoms with Crippen LogP contribution in [0.4, 0.5) is 5.69 Å². The van der Waals surface area contributed by atoms with Crippen LogP contribution in [0.5, 0.6) is 5.75 Å². The number of nitrogens with zero attached hydrogens (tertiary/aromatic N) is 1. The molecule has 0 saturated heterocycles. The summed E-state index contributed by atoms with van der Waals surface area (Å²) in [6.45, 7) is 15.3. The van der Waals surface area contributed by atoms with Gasteiger partial charge in [-0.1, -0.05) is 56.6 Å². The molecule has 1 heterocycles. The minimum absolute atomic E-state index is 0.0704. The van der Waals surface area contributed by atoms with Crippen LogP contribution >= 0.6 is 31.9 Å². The number of ketones is 2. The molecule has 0 atom stereocenters. The Morgan fingerprint density at radius 1 is 0.909 bits per heavy atom. The Balaban J connectivity index is 1.62. The topological polar surface area (TPSA) is 75.7 Å². The van der Waals surface area contributed by atoms with E-state index in [9.17, 15) is 14.4 Å². The molecule has 0 radical (unpaired) electrons. The third-order valence-corrected chi connectivity index (χ3v) is 10.0. The first-order valence-electron chi connectivity index (χ1n) is 15.4. The van der Waals surface area contributed by atoms with Crippen molar-refractivity contribution in [1.29, 1.82) is 0 Å². The van der Waals surface area contributed by atoms with Gasteiger partial charge in [-0.15, -0.1) is 0 Å². The van der Waals surface area contributed by atoms with Gasteiger partial charge in [0.2, 0.25) is 0 Å². The van der Waals surface area contributed by atoms with E-state index in [2.05, 4.69) is 76.7 Å². The Labute approximate surface area is 277 Å². The molecule has 0 saturated carbocycles. The Hall–Kier alpha value is -2.71. The highest BCUT2D eigenvalue weighted by atomic mass is 79.9. The molecule has 1 N–H and O–H groups in total. The predicted octanol–water partition coefficient (Wildman–Crippen LogP) is 8.94. The van der Waals surface area contributed by atoms with Gasteiger partial charge in [0.05, 0.1) is 4.47 Å². The van der Waals surface area contributed by atoms with Crippen LogP contribution in [-0.4, -0.2) is 35.5 Å². The van der Waals surface area contributed by atoms with Crippen molar-refractivity contribution in [3.05, 3.63) is 78.5 Å². The van der Waals surface area contributed by atoms with Gasteiger partial charge >= 0.3 is 0 Å². The summed E-state index contributed by atoms with van der Waals surface area (Å²) in [6, 6.07) is 9.60. The van der Waals surface area contributed by atoms with Crippen molar-refractivity contribution in [3.63, 3.8) is 0 Å². The Kier molecular flexibility index (Phi) is 9.09. The van der Waals surface area contributed by atoms with Crippen molar-refractivity contribution in [2.24, 2.45) is 10.8 Å². The maximum atomic E-state index is 14.1. The minimum atomic E-state index is -0.577. The summed E-state index contributed by atoms with van der Waals surface area (Å²) in [5, 5.41) is 2.93. The van der Waals surface area contributed by atoms with Crippen LogP contribution in [0.2, 0.25) is 0 Å². The zero-order valence-corrected chi connectivity index (χ0v) is 29.9. The molecule has 6 nitrogen and oxygen atoms in total. The quantitative estimate of drug-likeness (QED) is 0.309. The van der Waals surface area contributed by atoms with Gasteiger partial charge in [0.15, 0.2) is 18.2 Å². The molecule has 0 unspecified atom stereocenters. The van der Waals surface area contributed by atoms with Gasteiger partial charge in [-0.25, -0.2) is 0 Å². The van der Waals surface area contributed by atoms with Gasteiger partial charge in [-0.05, 0) is 95.3 Å². The van der Waals surface area contributed by atoms with Crippen LogP contribution in [0.1, 0.15) is 89.3 Å². The van der Waals surface area contributed by atoms with Crippen LogP contribution in [0.25, 0.3) is 0 Å². The second-order valence-corrected chi connectivity index (χ2v) is 15.9. The summed E-state index contributed by atoms with van der Waals surface area (Å²) in [7, 11) is 0. The first kappa shape index (κ1) is 32.7. The highest BCUT2D eigenvalue weighted by Crippen LogP contribution is 2.56. The summed E-state index contributed by atoms with van der Waals surface area (Å²) in [4.78, 5) is 43.6. The summed E-state index contributed by atoms with van der Waals surface area (Å²) in [6.07, 6.45) is 3.22. The molecule has 3 aliphatic rings. The van der Waals surface area contributed by atoms with Crippen molar-refractivity contribution in [2.45, 2.75) is 86.5 Å². The molecular formula is C36H42Br2N2O4. The first-order valence-corrected chi connectivity index (χ1v) is 17.0. The zero-order valence-electron chi connectivity index (χ0n) is 26.7. The van der Waals surface area contributed by atoms with E-state index >= 15 is 0 Å². The summed E-state index contributed by atoms with van der Waals surface area (Å²) >= 11 is 7.33. The highest BCUT2D eigenvalue weighted by Gasteiger charge is 2.49. The lowest BCUT2D eigenvalue weighted by Crippen LogP contribution is -2.44. The Bertz CT molecular complexity index is 1560. The number of anilines is 1. The fourth-order valence-corrected chi connectivity index (χ4v) is 8.33. The van der Waals surface area contributed by atoms with Gasteiger partial charge in [0, 0.05) is 63.6 Å². The number of rotatable bonds is 7. The lowest BCUT2D eigenvalue weighted by Gasteiger charge is -2.49. The monoisotopic (exact) mass is 724 g/mol. The SMILES string of the molecule is CCCN1C2=C(C(=O)CC(C)(C)C2)C(c2cc(Br)cc(Br)c2OCC(=O)Nc2ccc(C)c(C)c2)C2=C1CC(C)(C)CC2=O. The van der Waals surface area contributed by atoms with Gasteiger partial charge in [-0.2, -0.15) is 0 Å². The van der Waals surface area contributed by atoms with Crippen LogP contribution < -0.4 is 10.1 Å². The second-order valence-electron chi connectivity index (χ2n) is 14.1. The number of aryl methyl sites for hydroxylation is 2. The smallest absolute Gasteiger partial charge is 0.262 e. The minimum Gasteiger partial charge on any atom is -0.482 e. The average Bonchev–Trinajstić information content (AvgIpc) is 2.89. The molecule has 1 aliphatic heterocycles. The largest absolute Gasteiger partial charge is 0.482 e. The molecule has 234 valence electrons. The Morgan fingerprint density at radius 3 is 2.05 bits per heavy atom. The van der Waals surface area contributed by atoms with Gasteiger partial charge < -0.3 is 15.0 Å². The number of nitrogens with one attached hydrogen (secondary N) is 1. The van der Waals surface area contributed by atoms with Crippen LogP contribution in [-0.2, 0) is 14.4 Å². The summed E-state index contributed by atoms with van der Waals surface area (Å²) in [5.74, 6) is -0.266. The molecule has 0 spiro atoms. The third-order valence-electron chi connectivity index (χ3n) is 8.96.